The Labute approximate surface area is 365 Å². The third-order valence-corrected chi connectivity index (χ3v) is 12.2. The molecule has 0 aromatic heterocycles. The maximum atomic E-state index is 14.6. The summed E-state index contributed by atoms with van der Waals surface area (Å²) in [7, 11) is 1.30. The summed E-state index contributed by atoms with van der Waals surface area (Å²) in [6, 6.07) is -2.56. The molecule has 0 radical (unpaired) electrons. The lowest BCUT2D eigenvalue weighted by Gasteiger charge is -2.34. The molecule has 8 atom stereocenters. The molecular weight excluding hydrogens is 898 g/mol. The quantitative estimate of drug-likeness (QED) is 0.221. The highest BCUT2D eigenvalue weighted by Gasteiger charge is 2.59. The fourth-order valence-electron chi connectivity index (χ4n) is 7.82. The van der Waals surface area contributed by atoms with Crippen LogP contribution in [-0.4, -0.2) is 142 Å². The molecule has 21 heteroatoms. The van der Waals surface area contributed by atoms with Crippen LogP contribution in [0.5, 0.6) is 0 Å². The summed E-state index contributed by atoms with van der Waals surface area (Å²) >= 11 is 9.92. The molecule has 0 saturated carbocycles. The first-order valence-corrected chi connectivity index (χ1v) is 21.6. The van der Waals surface area contributed by atoms with Gasteiger partial charge in [-0.3, -0.25) is 33.6 Å². The molecule has 1 aromatic rings. The van der Waals surface area contributed by atoms with E-state index in [1.807, 2.05) is 13.8 Å². The van der Waals surface area contributed by atoms with Crippen molar-refractivity contribution in [2.45, 2.75) is 140 Å². The predicted octanol–water partition coefficient (Wildman–Crippen LogP) is 2.93. The Hall–Kier alpha value is -4.04. The van der Waals surface area contributed by atoms with Crippen molar-refractivity contribution in [1.82, 2.24) is 36.0 Å². The first-order valence-electron chi connectivity index (χ1n) is 20.4. The van der Waals surface area contributed by atoms with E-state index in [0.717, 1.165) is 4.90 Å². The number of rotatable bonds is 10. The van der Waals surface area contributed by atoms with Gasteiger partial charge in [-0.15, -0.1) is 0 Å². The van der Waals surface area contributed by atoms with Crippen molar-refractivity contribution in [3.63, 3.8) is 0 Å². The van der Waals surface area contributed by atoms with Gasteiger partial charge in [-0.1, -0.05) is 48.3 Å². The summed E-state index contributed by atoms with van der Waals surface area (Å²) in [6.45, 7) is 4.93. The second-order valence-corrected chi connectivity index (χ2v) is 17.8. The molecule has 0 spiro atoms. The number of halogens is 6. The third-order valence-electron chi connectivity index (χ3n) is 11.4. The summed E-state index contributed by atoms with van der Waals surface area (Å²) in [5.41, 5.74) is -3.38. The highest BCUT2D eigenvalue weighted by atomic mass is 79.9. The number of aliphatic hydroxyl groups is 1. The average Bonchev–Trinajstić information content (AvgIpc) is 3.84. The topological polar surface area (TPSA) is 198 Å². The lowest BCUT2D eigenvalue weighted by molar-refractivity contribution is -0.250. The van der Waals surface area contributed by atoms with Crippen LogP contribution in [0.3, 0.4) is 0 Å². The molecule has 0 aliphatic carbocycles. The Morgan fingerprint density at radius 1 is 1.03 bits per heavy atom. The number of alkyl halides is 4. The highest BCUT2D eigenvalue weighted by molar-refractivity contribution is 9.10. The monoisotopic (exact) mass is 951 g/mol. The number of hydrogen-bond donors (Lipinski definition) is 5. The van der Waals surface area contributed by atoms with Gasteiger partial charge in [0, 0.05) is 42.5 Å². The normalized spacial score (nSPS) is 26.2. The zero-order chi connectivity index (χ0) is 45.6. The van der Waals surface area contributed by atoms with E-state index < -0.39 is 103 Å². The summed E-state index contributed by atoms with van der Waals surface area (Å²) in [5, 5.41) is 21.2. The Bertz CT molecular complexity index is 1820. The minimum absolute atomic E-state index is 0.0311. The number of amides is 7. The van der Waals surface area contributed by atoms with E-state index in [4.69, 9.17) is 11.6 Å². The van der Waals surface area contributed by atoms with Crippen molar-refractivity contribution >= 4 is 68.9 Å². The molecule has 3 saturated heterocycles. The van der Waals surface area contributed by atoms with Gasteiger partial charge >= 0.3 is 6.18 Å². The standard InChI is InChI=1S/C40H55BrClF4N7O8/c1-6-26(48-35(57)31-19-24(43)20-53(31)38(60)39(4,61)40(44,45)46)36(58)51(5)29-10-7-8-14-47-33(55)30-11-9-15-52(30)37(59)28(18-22-17-23(41)12-13-25(22)42)50-32(54)27(16-21(2)3)49-34(29)56/h12-13,17,21,24,26-31,61H,6-11,14-16,18-20H2,1-5H3,(H,47,55)(H,48,57)(H,49,56)(H,50,54)/t24-,26+,27+,28?,29+,30-,31+,39-/m1/s1. The van der Waals surface area contributed by atoms with Gasteiger partial charge in [0.2, 0.25) is 41.0 Å². The maximum absolute atomic E-state index is 14.6. The smallest absolute Gasteiger partial charge is 0.373 e. The fourth-order valence-corrected chi connectivity index (χ4v) is 8.43. The first-order chi connectivity index (χ1) is 28.5. The summed E-state index contributed by atoms with van der Waals surface area (Å²) < 4.78 is 55.8. The number of likely N-dealkylation sites (N-methyl/N-ethyl adjacent to an activating group) is 1. The number of hydrogen-bond acceptors (Lipinski definition) is 8. The van der Waals surface area contributed by atoms with E-state index in [2.05, 4.69) is 37.2 Å². The average molecular weight is 953 g/mol. The van der Waals surface area contributed by atoms with E-state index in [9.17, 15) is 56.2 Å². The number of fused-ring (bicyclic) bond motifs is 1. The van der Waals surface area contributed by atoms with Gasteiger partial charge in [-0.05, 0) is 81.5 Å². The van der Waals surface area contributed by atoms with Crippen LogP contribution in [0.4, 0.5) is 17.6 Å². The molecule has 1 unspecified atom stereocenters. The molecule has 340 valence electrons. The zero-order valence-electron chi connectivity index (χ0n) is 34.8. The predicted molar refractivity (Wildman–Crippen MR) is 218 cm³/mol. The van der Waals surface area contributed by atoms with Crippen molar-refractivity contribution in [3.8, 4) is 0 Å². The Morgan fingerprint density at radius 2 is 1.70 bits per heavy atom. The van der Waals surface area contributed by atoms with Gasteiger partial charge in [-0.2, -0.15) is 13.2 Å². The number of carbonyl (C=O) groups is 7. The Balaban J connectivity index is 1.61. The van der Waals surface area contributed by atoms with Crippen molar-refractivity contribution in [3.05, 3.63) is 33.3 Å². The summed E-state index contributed by atoms with van der Waals surface area (Å²) in [5.74, 6) is -6.35. The van der Waals surface area contributed by atoms with Crippen molar-refractivity contribution in [2.24, 2.45) is 5.92 Å². The number of likely N-dealkylation sites (tertiary alicyclic amines) is 1. The molecular formula is C40H55BrClF4N7O8. The van der Waals surface area contributed by atoms with Crippen LogP contribution in [0.2, 0.25) is 5.02 Å². The molecule has 1 aromatic carbocycles. The number of nitrogens with zero attached hydrogens (tertiary/aromatic N) is 3. The fraction of sp³-hybridized carbons (Fsp3) is 0.675. The number of benzene rings is 1. The van der Waals surface area contributed by atoms with Crippen molar-refractivity contribution < 1.29 is 56.2 Å². The molecule has 4 rings (SSSR count). The molecule has 7 amide bonds. The molecule has 15 nitrogen and oxygen atoms in total. The molecule has 3 aliphatic rings. The van der Waals surface area contributed by atoms with E-state index >= 15 is 0 Å². The van der Waals surface area contributed by atoms with Crippen LogP contribution in [0.1, 0.15) is 84.6 Å². The van der Waals surface area contributed by atoms with Crippen LogP contribution < -0.4 is 21.3 Å². The van der Waals surface area contributed by atoms with Crippen LogP contribution in [0.15, 0.2) is 22.7 Å². The van der Waals surface area contributed by atoms with Gasteiger partial charge in [0.15, 0.2) is 0 Å². The minimum atomic E-state index is -5.43. The number of nitrogens with one attached hydrogen (secondary N) is 4. The van der Waals surface area contributed by atoms with Gasteiger partial charge in [0.25, 0.3) is 5.91 Å². The molecule has 5 N–H and O–H groups in total. The van der Waals surface area contributed by atoms with Gasteiger partial charge in [0.05, 0.1) is 6.54 Å². The molecule has 3 heterocycles. The van der Waals surface area contributed by atoms with E-state index in [1.54, 1.807) is 18.2 Å². The molecule has 61 heavy (non-hydrogen) atoms. The van der Waals surface area contributed by atoms with Crippen LogP contribution >= 0.6 is 27.5 Å². The summed E-state index contributed by atoms with van der Waals surface area (Å²) in [6.07, 6.45) is -6.39. The number of carbonyl (C=O) groups excluding carboxylic acids is 7. The van der Waals surface area contributed by atoms with Gasteiger partial charge < -0.3 is 41.1 Å². The Morgan fingerprint density at radius 3 is 2.34 bits per heavy atom. The molecule has 3 fully saturated rings. The van der Waals surface area contributed by atoms with Crippen LogP contribution in [0, 0.1) is 5.92 Å². The molecule has 3 aliphatic heterocycles. The van der Waals surface area contributed by atoms with E-state index in [0.29, 0.717) is 45.6 Å². The van der Waals surface area contributed by atoms with E-state index in [1.165, 1.54) is 18.9 Å². The molecule has 0 bridgehead atoms. The second kappa shape index (κ2) is 20.9. The lowest BCUT2D eigenvalue weighted by Crippen LogP contribution is -2.61. The van der Waals surface area contributed by atoms with Crippen molar-refractivity contribution in [1.29, 1.82) is 0 Å². The minimum Gasteiger partial charge on any atom is -0.373 e. The zero-order valence-corrected chi connectivity index (χ0v) is 37.1. The summed E-state index contributed by atoms with van der Waals surface area (Å²) in [4.78, 5) is 99.3. The first kappa shape index (κ1) is 49.6. The SMILES string of the molecule is CC[C@H](NC(=O)[C@@H]1C[C@@H](F)CN1C(=O)[C@@](C)(O)C(F)(F)F)C(=O)N(C)[C@H]1CCCCNC(=O)[C@H]2CCCN2C(=O)C(Cc2cc(Br)ccc2Cl)NC(=O)[C@H](CC(C)C)NC1=O. The van der Waals surface area contributed by atoms with Crippen LogP contribution in [0.25, 0.3) is 0 Å². The van der Waals surface area contributed by atoms with Crippen molar-refractivity contribution in [2.75, 3.05) is 26.7 Å². The highest BCUT2D eigenvalue weighted by Crippen LogP contribution is 2.34. The third kappa shape index (κ3) is 12.1. The van der Waals surface area contributed by atoms with Crippen LogP contribution in [-0.2, 0) is 40.0 Å². The largest absolute Gasteiger partial charge is 0.426 e. The van der Waals surface area contributed by atoms with Gasteiger partial charge in [-0.25, -0.2) is 4.39 Å². The lowest BCUT2D eigenvalue weighted by atomic mass is 9.99. The van der Waals surface area contributed by atoms with E-state index in [-0.39, 0.29) is 57.5 Å². The van der Waals surface area contributed by atoms with Gasteiger partial charge in [0.1, 0.15) is 42.4 Å². The maximum Gasteiger partial charge on any atom is 0.426 e. The second-order valence-electron chi connectivity index (χ2n) is 16.5. The Kier molecular flexibility index (Phi) is 17.0.